The smallest absolute Gasteiger partial charge is 0.118 e. The summed E-state index contributed by atoms with van der Waals surface area (Å²) in [6.07, 6.45) is 2.08. The van der Waals surface area contributed by atoms with Gasteiger partial charge in [-0.15, -0.1) is 0 Å². The molecule has 0 fully saturated rings. The fourth-order valence-electron chi connectivity index (χ4n) is 1.88. The lowest BCUT2D eigenvalue weighted by molar-refractivity contribution is 0.414. The molecule has 0 spiro atoms. The number of hydrogen-bond donors (Lipinski definition) is 0. The first-order valence-electron chi connectivity index (χ1n) is 5.75. The molecule has 90 valence electrons. The molecule has 18 heavy (non-hydrogen) atoms. The molecule has 0 amide bonds. The fourth-order valence-corrected chi connectivity index (χ4v) is 2.79. The monoisotopic (exact) mass is 255 g/mol. The van der Waals surface area contributed by atoms with Crippen LogP contribution in [-0.4, -0.2) is 11.5 Å². The number of ether oxygens (including phenoxy) is 1. The van der Waals surface area contributed by atoms with Crippen LogP contribution in [-0.2, 0) is 0 Å². The van der Waals surface area contributed by atoms with Crippen molar-refractivity contribution in [2.45, 2.75) is 9.92 Å². The lowest BCUT2D eigenvalue weighted by Gasteiger charge is -2.04. The summed E-state index contributed by atoms with van der Waals surface area (Å²) < 4.78 is 7.35. The van der Waals surface area contributed by atoms with E-state index in [1.54, 1.807) is 18.9 Å². The number of rotatable bonds is 3. The fraction of sp³-hybridized carbons (Fsp3) is 0.0667. The Morgan fingerprint density at radius 2 is 1.78 bits per heavy atom. The van der Waals surface area contributed by atoms with E-state index in [-0.39, 0.29) is 0 Å². The number of aromatic nitrogens is 1. The second kappa shape index (κ2) is 4.78. The lowest BCUT2D eigenvalue weighted by atomic mass is 10.3. The van der Waals surface area contributed by atoms with E-state index in [1.807, 2.05) is 18.2 Å². The maximum atomic E-state index is 5.16. The Morgan fingerprint density at radius 1 is 0.944 bits per heavy atom. The average Bonchev–Trinajstić information content (AvgIpc) is 2.83. The molecule has 0 N–H and O–H groups in total. The van der Waals surface area contributed by atoms with Gasteiger partial charge in [0.15, 0.2) is 0 Å². The van der Waals surface area contributed by atoms with E-state index in [0.29, 0.717) is 0 Å². The standard InChI is InChI=1S/C15H13NOS/c1-17-13-6-8-14(9-7-13)18-15-10-5-12-4-2-3-11-16(12)15/h2-11H,1H3. The van der Waals surface area contributed by atoms with Crippen LogP contribution in [0.3, 0.4) is 0 Å². The first-order chi connectivity index (χ1) is 8.86. The minimum Gasteiger partial charge on any atom is -0.497 e. The Balaban J connectivity index is 1.91. The van der Waals surface area contributed by atoms with Gasteiger partial charge in [0, 0.05) is 16.6 Å². The summed E-state index contributed by atoms with van der Waals surface area (Å²) in [5.74, 6) is 0.888. The topological polar surface area (TPSA) is 13.6 Å². The van der Waals surface area contributed by atoms with Crippen LogP contribution in [0, 0.1) is 0 Å². The summed E-state index contributed by atoms with van der Waals surface area (Å²) in [6.45, 7) is 0. The molecule has 3 rings (SSSR count). The number of benzene rings is 1. The minimum atomic E-state index is 0.888. The van der Waals surface area contributed by atoms with E-state index in [9.17, 15) is 0 Å². The summed E-state index contributed by atoms with van der Waals surface area (Å²) in [5, 5.41) is 1.22. The molecule has 0 aliphatic heterocycles. The molecule has 0 unspecified atom stereocenters. The summed E-state index contributed by atoms with van der Waals surface area (Å²) in [4.78, 5) is 1.21. The molecule has 0 aliphatic carbocycles. The van der Waals surface area contributed by atoms with Crippen molar-refractivity contribution in [3.63, 3.8) is 0 Å². The van der Waals surface area contributed by atoms with Crippen molar-refractivity contribution >= 4 is 17.3 Å². The van der Waals surface area contributed by atoms with Crippen molar-refractivity contribution in [2.24, 2.45) is 0 Å². The van der Waals surface area contributed by atoms with Crippen LogP contribution < -0.4 is 4.74 Å². The van der Waals surface area contributed by atoms with E-state index in [0.717, 1.165) is 5.75 Å². The third-order valence-corrected chi connectivity index (χ3v) is 3.86. The van der Waals surface area contributed by atoms with Gasteiger partial charge in [-0.25, -0.2) is 0 Å². The maximum absolute atomic E-state index is 5.16. The Hall–Kier alpha value is -1.87. The molecular formula is C15H13NOS. The van der Waals surface area contributed by atoms with Crippen LogP contribution >= 0.6 is 11.8 Å². The van der Waals surface area contributed by atoms with Crippen molar-refractivity contribution in [1.29, 1.82) is 0 Å². The lowest BCUT2D eigenvalue weighted by Crippen LogP contribution is -1.85. The van der Waals surface area contributed by atoms with Gasteiger partial charge in [-0.05, 0) is 48.5 Å². The number of pyridine rings is 1. The molecule has 2 heterocycles. The average molecular weight is 255 g/mol. The van der Waals surface area contributed by atoms with Crippen molar-refractivity contribution in [3.05, 3.63) is 60.8 Å². The number of methoxy groups -OCH3 is 1. The van der Waals surface area contributed by atoms with Gasteiger partial charge in [0.1, 0.15) is 5.75 Å². The van der Waals surface area contributed by atoms with Gasteiger partial charge in [0.25, 0.3) is 0 Å². The van der Waals surface area contributed by atoms with Gasteiger partial charge < -0.3 is 9.14 Å². The molecule has 3 aromatic rings. The van der Waals surface area contributed by atoms with E-state index in [4.69, 9.17) is 4.74 Å². The minimum absolute atomic E-state index is 0.888. The summed E-state index contributed by atoms with van der Waals surface area (Å²) in [7, 11) is 1.68. The molecule has 0 saturated carbocycles. The second-order valence-electron chi connectivity index (χ2n) is 3.94. The largest absolute Gasteiger partial charge is 0.497 e. The SMILES string of the molecule is COc1ccc(Sc2ccc3ccccn23)cc1. The van der Waals surface area contributed by atoms with Gasteiger partial charge in [-0.1, -0.05) is 17.8 Å². The molecule has 1 aromatic carbocycles. The van der Waals surface area contributed by atoms with Crippen LogP contribution in [0.2, 0.25) is 0 Å². The quantitative estimate of drug-likeness (QED) is 0.699. The zero-order chi connectivity index (χ0) is 12.4. The van der Waals surface area contributed by atoms with Crippen LogP contribution in [0.15, 0.2) is 70.7 Å². The van der Waals surface area contributed by atoms with Crippen LogP contribution in [0.5, 0.6) is 5.75 Å². The third-order valence-electron chi connectivity index (χ3n) is 2.81. The molecule has 3 heteroatoms. The van der Waals surface area contributed by atoms with Gasteiger partial charge in [-0.3, -0.25) is 0 Å². The second-order valence-corrected chi connectivity index (χ2v) is 5.04. The summed E-state index contributed by atoms with van der Waals surface area (Å²) in [5.41, 5.74) is 1.22. The van der Waals surface area contributed by atoms with Crippen LogP contribution in [0.25, 0.3) is 5.52 Å². The van der Waals surface area contributed by atoms with Gasteiger partial charge in [0.2, 0.25) is 0 Å². The predicted octanol–water partition coefficient (Wildman–Crippen LogP) is 4.10. The first kappa shape index (κ1) is 11.2. The van der Waals surface area contributed by atoms with Gasteiger partial charge in [0.05, 0.1) is 12.1 Å². The highest BCUT2D eigenvalue weighted by atomic mass is 32.2. The Kier molecular flexibility index (Phi) is 2.99. The highest BCUT2D eigenvalue weighted by Gasteiger charge is 2.03. The Bertz CT molecular complexity index is 658. The van der Waals surface area contributed by atoms with Crippen molar-refractivity contribution < 1.29 is 4.74 Å². The highest BCUT2D eigenvalue weighted by molar-refractivity contribution is 7.99. The molecule has 2 aromatic heterocycles. The van der Waals surface area contributed by atoms with E-state index < -0.39 is 0 Å². The molecule has 0 atom stereocenters. The summed E-state index contributed by atoms with van der Waals surface area (Å²) in [6, 6.07) is 18.6. The highest BCUT2D eigenvalue weighted by Crippen LogP contribution is 2.30. The van der Waals surface area contributed by atoms with E-state index in [2.05, 4.69) is 47.0 Å². The van der Waals surface area contributed by atoms with Crippen LogP contribution in [0.4, 0.5) is 0 Å². The molecule has 0 bridgehead atoms. The predicted molar refractivity (Wildman–Crippen MR) is 74.5 cm³/mol. The first-order valence-corrected chi connectivity index (χ1v) is 6.56. The van der Waals surface area contributed by atoms with Crippen molar-refractivity contribution in [1.82, 2.24) is 4.40 Å². The normalized spacial score (nSPS) is 10.7. The molecular weight excluding hydrogens is 242 g/mol. The maximum Gasteiger partial charge on any atom is 0.118 e. The Morgan fingerprint density at radius 3 is 2.56 bits per heavy atom. The van der Waals surface area contributed by atoms with E-state index in [1.165, 1.54) is 15.4 Å². The molecule has 2 nitrogen and oxygen atoms in total. The molecule has 0 radical (unpaired) electrons. The zero-order valence-electron chi connectivity index (χ0n) is 10.0. The Labute approximate surface area is 110 Å². The number of nitrogens with zero attached hydrogens (tertiary/aromatic N) is 1. The van der Waals surface area contributed by atoms with Gasteiger partial charge >= 0.3 is 0 Å². The molecule has 0 saturated heterocycles. The third kappa shape index (κ3) is 2.09. The summed E-state index contributed by atoms with van der Waals surface area (Å²) >= 11 is 1.75. The van der Waals surface area contributed by atoms with E-state index >= 15 is 0 Å². The van der Waals surface area contributed by atoms with Crippen molar-refractivity contribution in [3.8, 4) is 5.75 Å². The zero-order valence-corrected chi connectivity index (χ0v) is 10.9. The molecule has 0 aliphatic rings. The van der Waals surface area contributed by atoms with Crippen molar-refractivity contribution in [2.75, 3.05) is 7.11 Å². The van der Waals surface area contributed by atoms with Crippen LogP contribution in [0.1, 0.15) is 0 Å². The number of fused-ring (bicyclic) bond motifs is 1. The number of hydrogen-bond acceptors (Lipinski definition) is 2. The van der Waals surface area contributed by atoms with Gasteiger partial charge in [-0.2, -0.15) is 0 Å².